The molecule has 222 valence electrons. The van der Waals surface area contributed by atoms with Crippen molar-refractivity contribution in [1.82, 2.24) is 20.4 Å². The number of rotatable bonds is 18. The molecule has 0 saturated heterocycles. The molecule has 4 rings (SSSR count). The first kappa shape index (κ1) is 31.4. The Kier molecular flexibility index (Phi) is 12.6. The van der Waals surface area contributed by atoms with Crippen LogP contribution in [-0.4, -0.2) is 39.2 Å². The Bertz CT molecular complexity index is 1290. The highest BCUT2D eigenvalue weighted by atomic mass is 32.1. The zero-order valence-electron chi connectivity index (χ0n) is 24.4. The first-order valence-corrected chi connectivity index (χ1v) is 16.3. The number of unbranched alkanes of at least 4 members (excludes halogenated alkanes) is 1. The lowest BCUT2D eigenvalue weighted by Crippen LogP contribution is -2.11. The van der Waals surface area contributed by atoms with Gasteiger partial charge in [0.15, 0.2) is 0 Å². The van der Waals surface area contributed by atoms with Crippen LogP contribution in [0.15, 0.2) is 48.5 Å². The number of benzene rings is 2. The Labute approximate surface area is 256 Å². The third-order valence-corrected chi connectivity index (χ3v) is 8.86. The number of nitrogens with zero attached hydrogens (tertiary/aromatic N) is 4. The molecule has 0 radical (unpaired) electrons. The zero-order chi connectivity index (χ0) is 29.6. The normalized spacial score (nSPS) is 11.0. The van der Waals surface area contributed by atoms with Crippen molar-refractivity contribution in [2.24, 2.45) is 0 Å². The fraction of sp³-hybridized carbons (Fsp3) is 0.438. The molecule has 0 aliphatic heterocycles. The van der Waals surface area contributed by atoms with E-state index in [9.17, 15) is 9.59 Å². The summed E-state index contributed by atoms with van der Waals surface area (Å²) < 4.78 is 5.18. The van der Waals surface area contributed by atoms with Gasteiger partial charge in [0, 0.05) is 25.7 Å². The Morgan fingerprint density at radius 3 is 1.93 bits per heavy atom. The lowest BCUT2D eigenvalue weighted by Gasteiger charge is -2.04. The van der Waals surface area contributed by atoms with Gasteiger partial charge in [0.2, 0.25) is 11.0 Å². The van der Waals surface area contributed by atoms with Gasteiger partial charge in [-0.3, -0.25) is 9.59 Å². The van der Waals surface area contributed by atoms with Gasteiger partial charge in [-0.05, 0) is 73.8 Å². The zero-order valence-corrected chi connectivity index (χ0v) is 26.1. The van der Waals surface area contributed by atoms with Crippen LogP contribution in [0.1, 0.15) is 77.2 Å². The molecule has 0 spiro atoms. The molecular formula is C32H39N5O3S2. The number of aryl methyl sites for hydroxylation is 5. The first-order chi connectivity index (χ1) is 20.5. The molecule has 0 unspecified atom stereocenters. The van der Waals surface area contributed by atoms with Crippen LogP contribution in [0.4, 0.5) is 5.13 Å². The molecule has 1 amide bonds. The summed E-state index contributed by atoms with van der Waals surface area (Å²) in [5, 5.41) is 23.0. The van der Waals surface area contributed by atoms with Crippen molar-refractivity contribution in [2.75, 3.05) is 12.4 Å². The smallest absolute Gasteiger partial charge is 0.226 e. The van der Waals surface area contributed by atoms with E-state index in [-0.39, 0.29) is 11.7 Å². The lowest BCUT2D eigenvalue weighted by atomic mass is 10.0. The molecule has 0 fully saturated rings. The Hall–Kier alpha value is -3.50. The predicted molar refractivity (Wildman–Crippen MR) is 168 cm³/mol. The van der Waals surface area contributed by atoms with E-state index in [4.69, 9.17) is 4.74 Å². The average molecular weight is 606 g/mol. The van der Waals surface area contributed by atoms with Crippen LogP contribution in [0.2, 0.25) is 0 Å². The van der Waals surface area contributed by atoms with Crippen molar-refractivity contribution in [2.45, 2.75) is 84.0 Å². The van der Waals surface area contributed by atoms with Gasteiger partial charge in [-0.1, -0.05) is 54.7 Å². The van der Waals surface area contributed by atoms with Crippen molar-refractivity contribution >= 4 is 39.5 Å². The molecule has 0 aliphatic carbocycles. The Morgan fingerprint density at radius 1 is 0.690 bits per heavy atom. The summed E-state index contributed by atoms with van der Waals surface area (Å²) in [5.41, 5.74) is 3.80. The fourth-order valence-electron chi connectivity index (χ4n) is 4.53. The topological polar surface area (TPSA) is 107 Å². The van der Waals surface area contributed by atoms with Crippen LogP contribution in [0.5, 0.6) is 5.75 Å². The molecule has 1 N–H and O–H groups in total. The van der Waals surface area contributed by atoms with E-state index >= 15 is 0 Å². The number of carbonyl (C=O) groups is 2. The van der Waals surface area contributed by atoms with E-state index in [1.54, 1.807) is 7.11 Å². The summed E-state index contributed by atoms with van der Waals surface area (Å²) in [6.45, 7) is 2.15. The SMILES string of the molecule is CCc1ccc(CCCC(=O)Cc2nnc(CCCCc3nnc(NC(=O)CCCc4ccc(OC)cc4)s3)s2)cc1. The monoisotopic (exact) mass is 605 g/mol. The molecule has 0 saturated carbocycles. The van der Waals surface area contributed by atoms with Crippen molar-refractivity contribution < 1.29 is 14.3 Å². The number of ketones is 1. The van der Waals surface area contributed by atoms with Crippen LogP contribution in [0.3, 0.4) is 0 Å². The lowest BCUT2D eigenvalue weighted by molar-refractivity contribution is -0.118. The number of methoxy groups -OCH3 is 1. The molecule has 0 atom stereocenters. The number of nitrogens with one attached hydrogen (secondary N) is 1. The van der Waals surface area contributed by atoms with Gasteiger partial charge in [-0.15, -0.1) is 31.7 Å². The fourth-order valence-corrected chi connectivity index (χ4v) is 6.25. The number of carbonyl (C=O) groups excluding carboxylic acids is 2. The molecule has 2 aromatic heterocycles. The third kappa shape index (κ3) is 10.7. The average Bonchev–Trinajstić information content (AvgIpc) is 3.65. The maximum absolute atomic E-state index is 12.4. The second-order valence-corrected chi connectivity index (χ2v) is 12.5. The first-order valence-electron chi connectivity index (χ1n) is 14.7. The number of hydrogen-bond acceptors (Lipinski definition) is 9. The van der Waals surface area contributed by atoms with E-state index in [1.807, 2.05) is 24.3 Å². The van der Waals surface area contributed by atoms with Crippen molar-refractivity contribution in [1.29, 1.82) is 0 Å². The molecular weight excluding hydrogens is 567 g/mol. The van der Waals surface area contributed by atoms with E-state index in [1.165, 1.54) is 39.4 Å². The quantitative estimate of drug-likeness (QED) is 0.127. The van der Waals surface area contributed by atoms with Crippen molar-refractivity contribution in [3.63, 3.8) is 0 Å². The third-order valence-electron chi connectivity index (χ3n) is 6.98. The van der Waals surface area contributed by atoms with E-state index in [0.29, 0.717) is 24.4 Å². The summed E-state index contributed by atoms with van der Waals surface area (Å²) in [6, 6.07) is 16.6. The predicted octanol–water partition coefficient (Wildman–Crippen LogP) is 6.62. The van der Waals surface area contributed by atoms with Crippen molar-refractivity contribution in [3.8, 4) is 5.75 Å². The van der Waals surface area contributed by atoms with E-state index in [0.717, 1.165) is 78.6 Å². The number of amides is 1. The minimum Gasteiger partial charge on any atom is -0.497 e. The van der Waals surface area contributed by atoms with Crippen LogP contribution in [-0.2, 0) is 48.1 Å². The van der Waals surface area contributed by atoms with E-state index in [2.05, 4.69) is 56.9 Å². The Morgan fingerprint density at radius 2 is 1.26 bits per heavy atom. The molecule has 2 heterocycles. The van der Waals surface area contributed by atoms with Gasteiger partial charge >= 0.3 is 0 Å². The van der Waals surface area contributed by atoms with Crippen LogP contribution < -0.4 is 10.1 Å². The van der Waals surface area contributed by atoms with E-state index < -0.39 is 0 Å². The summed E-state index contributed by atoms with van der Waals surface area (Å²) in [7, 11) is 1.65. The molecule has 0 bridgehead atoms. The second kappa shape index (κ2) is 16.8. The number of ether oxygens (including phenoxy) is 1. The number of aromatic nitrogens is 4. The number of Topliss-reactive ketones (excluding diaryl/α,β-unsaturated/α-hetero) is 1. The molecule has 42 heavy (non-hydrogen) atoms. The van der Waals surface area contributed by atoms with Gasteiger partial charge in [0.25, 0.3) is 0 Å². The van der Waals surface area contributed by atoms with Gasteiger partial charge < -0.3 is 10.1 Å². The number of anilines is 1. The highest BCUT2D eigenvalue weighted by Crippen LogP contribution is 2.20. The molecule has 8 nitrogen and oxygen atoms in total. The minimum atomic E-state index is -0.0431. The second-order valence-electron chi connectivity index (χ2n) is 10.3. The summed E-state index contributed by atoms with van der Waals surface area (Å²) in [4.78, 5) is 24.7. The molecule has 2 aromatic carbocycles. The standard InChI is InChI=1S/C32H39N5O3S2/c1-3-23-14-16-24(17-15-23)8-6-10-26(38)22-31-36-34-29(41-31)12-4-5-13-30-35-37-32(42-30)33-28(39)11-7-9-25-18-20-27(40-2)21-19-25/h14-21H,3-13,22H2,1-2H3,(H,33,37,39). The summed E-state index contributed by atoms with van der Waals surface area (Å²) in [6.07, 6.45) is 9.31. The highest BCUT2D eigenvalue weighted by Gasteiger charge is 2.11. The minimum absolute atomic E-state index is 0.0431. The maximum Gasteiger partial charge on any atom is 0.226 e. The summed E-state index contributed by atoms with van der Waals surface area (Å²) in [5.74, 6) is 1.01. The molecule has 10 heteroatoms. The van der Waals surface area contributed by atoms with Gasteiger partial charge in [0.1, 0.15) is 26.6 Å². The van der Waals surface area contributed by atoms with Crippen LogP contribution in [0.25, 0.3) is 0 Å². The van der Waals surface area contributed by atoms with Crippen LogP contribution >= 0.6 is 22.7 Å². The Balaban J connectivity index is 1.07. The maximum atomic E-state index is 12.4. The molecule has 0 aliphatic rings. The van der Waals surface area contributed by atoms with Crippen LogP contribution in [0, 0.1) is 0 Å². The van der Waals surface area contributed by atoms with Gasteiger partial charge in [0.05, 0.1) is 13.5 Å². The number of hydrogen-bond donors (Lipinski definition) is 1. The largest absolute Gasteiger partial charge is 0.497 e. The highest BCUT2D eigenvalue weighted by molar-refractivity contribution is 7.15. The molecule has 4 aromatic rings. The van der Waals surface area contributed by atoms with Crippen molar-refractivity contribution in [3.05, 3.63) is 80.2 Å². The summed E-state index contributed by atoms with van der Waals surface area (Å²) >= 11 is 2.97. The van der Waals surface area contributed by atoms with Gasteiger partial charge in [-0.25, -0.2) is 0 Å². The van der Waals surface area contributed by atoms with Gasteiger partial charge in [-0.2, -0.15) is 0 Å².